The second-order valence-corrected chi connectivity index (χ2v) is 6.54. The van der Waals surface area contributed by atoms with E-state index in [1.165, 1.54) is 4.90 Å². The van der Waals surface area contributed by atoms with Crippen molar-refractivity contribution in [2.24, 2.45) is 0 Å². The van der Waals surface area contributed by atoms with Gasteiger partial charge in [0.25, 0.3) is 0 Å². The minimum absolute atomic E-state index is 0.545. The van der Waals surface area contributed by atoms with Gasteiger partial charge in [-0.2, -0.15) is 5.26 Å². The molecule has 0 saturated heterocycles. The first-order valence-electron chi connectivity index (χ1n) is 5.46. The van der Waals surface area contributed by atoms with E-state index >= 15 is 0 Å². The lowest BCUT2D eigenvalue weighted by Crippen LogP contribution is -1.85. The molecule has 1 aromatic heterocycles. The van der Waals surface area contributed by atoms with Crippen molar-refractivity contribution >= 4 is 39.0 Å². The van der Waals surface area contributed by atoms with Crippen LogP contribution in [0.2, 0.25) is 0 Å². The number of benzene rings is 1. The van der Waals surface area contributed by atoms with Crippen LogP contribution in [0.1, 0.15) is 17.1 Å². The van der Waals surface area contributed by atoms with Crippen LogP contribution in [0.25, 0.3) is 0 Å². The molecule has 2 nitrogen and oxygen atoms in total. The summed E-state index contributed by atoms with van der Waals surface area (Å²) in [5.41, 5.74) is 1.04. The molecule has 0 bridgehead atoms. The van der Waals surface area contributed by atoms with E-state index in [0.29, 0.717) is 6.42 Å². The highest BCUT2D eigenvalue weighted by atomic mass is 79.9. The molecule has 18 heavy (non-hydrogen) atoms. The van der Waals surface area contributed by atoms with E-state index in [9.17, 15) is 0 Å². The smallest absolute Gasteiger partial charge is 0.103 e. The summed E-state index contributed by atoms with van der Waals surface area (Å²) in [5, 5.41) is 11.7. The van der Waals surface area contributed by atoms with E-state index in [0.717, 1.165) is 27.3 Å². The normalized spacial score (nSPS) is 10.2. The molecule has 2 aromatic rings. The van der Waals surface area contributed by atoms with Gasteiger partial charge < -0.3 is 0 Å². The zero-order chi connectivity index (χ0) is 12.8. The van der Waals surface area contributed by atoms with E-state index < -0.39 is 0 Å². The number of nitriles is 1. The van der Waals surface area contributed by atoms with Crippen LogP contribution in [0.4, 0.5) is 0 Å². The molecule has 0 N–H and O–H groups in total. The van der Waals surface area contributed by atoms with Crippen LogP contribution in [0, 0.1) is 11.3 Å². The van der Waals surface area contributed by atoms with Gasteiger partial charge in [0, 0.05) is 27.6 Å². The predicted molar refractivity (Wildman–Crippen MR) is 79.8 cm³/mol. The van der Waals surface area contributed by atoms with Gasteiger partial charge in [0.15, 0.2) is 0 Å². The van der Waals surface area contributed by atoms with Gasteiger partial charge in [-0.25, -0.2) is 4.98 Å². The maximum absolute atomic E-state index is 8.53. The molecule has 1 heterocycles. The largest absolute Gasteiger partial charge is 0.245 e. The van der Waals surface area contributed by atoms with Crippen LogP contribution in [-0.4, -0.2) is 4.98 Å². The summed E-state index contributed by atoms with van der Waals surface area (Å²) >= 11 is 6.88. The van der Waals surface area contributed by atoms with Crippen LogP contribution in [0.3, 0.4) is 0 Å². The standard InChI is InChI=1S/C13H11BrN2S2/c14-10-3-5-12(6-4-10)17-9-13-16-11(8-18-13)2-1-7-15/h3-6,8H,1-2,9H2. The number of hydrogen-bond acceptors (Lipinski definition) is 4. The molecule has 0 spiro atoms. The number of aryl methyl sites for hydroxylation is 1. The minimum Gasteiger partial charge on any atom is -0.245 e. The SMILES string of the molecule is N#CCCc1csc(CSc2ccc(Br)cc2)n1. The summed E-state index contributed by atoms with van der Waals surface area (Å²) in [6.45, 7) is 0. The fraction of sp³-hybridized carbons (Fsp3) is 0.231. The zero-order valence-corrected chi connectivity index (χ0v) is 12.8. The Hall–Kier alpha value is -0.830. The molecule has 0 fully saturated rings. The molecule has 0 atom stereocenters. The molecule has 0 amide bonds. The summed E-state index contributed by atoms with van der Waals surface area (Å²) in [6.07, 6.45) is 1.30. The third-order valence-corrected chi connectivity index (χ3v) is 4.90. The Balaban J connectivity index is 1.88. The van der Waals surface area contributed by atoms with Crippen molar-refractivity contribution in [3.63, 3.8) is 0 Å². The number of nitrogens with zero attached hydrogens (tertiary/aromatic N) is 2. The third-order valence-electron chi connectivity index (χ3n) is 2.27. The lowest BCUT2D eigenvalue weighted by molar-refractivity contribution is 0.957. The molecule has 0 aliphatic heterocycles. The van der Waals surface area contributed by atoms with Crippen molar-refractivity contribution in [3.05, 3.63) is 44.8 Å². The highest BCUT2D eigenvalue weighted by Crippen LogP contribution is 2.25. The monoisotopic (exact) mass is 338 g/mol. The van der Waals surface area contributed by atoms with E-state index in [-0.39, 0.29) is 0 Å². The summed E-state index contributed by atoms with van der Waals surface area (Å²) < 4.78 is 1.10. The molecular weight excluding hydrogens is 328 g/mol. The lowest BCUT2D eigenvalue weighted by Gasteiger charge is -1.99. The van der Waals surface area contributed by atoms with Crippen LogP contribution < -0.4 is 0 Å². The molecule has 0 aliphatic rings. The average Bonchev–Trinajstić information content (AvgIpc) is 2.84. The zero-order valence-electron chi connectivity index (χ0n) is 9.60. The molecule has 0 radical (unpaired) electrons. The maximum atomic E-state index is 8.53. The van der Waals surface area contributed by atoms with E-state index in [1.54, 1.807) is 23.1 Å². The van der Waals surface area contributed by atoms with E-state index in [1.807, 2.05) is 12.1 Å². The van der Waals surface area contributed by atoms with E-state index in [4.69, 9.17) is 5.26 Å². The molecule has 0 saturated carbocycles. The number of thioether (sulfide) groups is 1. The van der Waals surface area contributed by atoms with Crippen molar-refractivity contribution in [3.8, 4) is 6.07 Å². The summed E-state index contributed by atoms with van der Waals surface area (Å²) in [6, 6.07) is 10.4. The van der Waals surface area contributed by atoms with Crippen LogP contribution in [0.5, 0.6) is 0 Å². The molecule has 1 aromatic carbocycles. The Kier molecular flexibility index (Phi) is 5.24. The van der Waals surface area contributed by atoms with Crippen molar-refractivity contribution in [2.75, 3.05) is 0 Å². The van der Waals surface area contributed by atoms with Crippen molar-refractivity contribution in [1.29, 1.82) is 5.26 Å². The lowest BCUT2D eigenvalue weighted by atomic mass is 10.3. The van der Waals surface area contributed by atoms with Crippen LogP contribution in [0.15, 0.2) is 39.0 Å². The Labute approximate surface area is 123 Å². The first kappa shape index (κ1) is 13.6. The first-order chi connectivity index (χ1) is 8.78. The highest BCUT2D eigenvalue weighted by molar-refractivity contribution is 9.10. The molecule has 2 rings (SSSR count). The maximum Gasteiger partial charge on any atom is 0.103 e. The topological polar surface area (TPSA) is 36.7 Å². The highest BCUT2D eigenvalue weighted by Gasteiger charge is 2.03. The van der Waals surface area contributed by atoms with Gasteiger partial charge in [-0.3, -0.25) is 0 Å². The number of thiazole rings is 1. The fourth-order valence-electron chi connectivity index (χ4n) is 1.39. The van der Waals surface area contributed by atoms with Gasteiger partial charge in [-0.05, 0) is 24.3 Å². The number of hydrogen-bond donors (Lipinski definition) is 0. The molecule has 0 unspecified atom stereocenters. The first-order valence-corrected chi connectivity index (χ1v) is 8.12. The summed E-state index contributed by atoms with van der Waals surface area (Å²) in [4.78, 5) is 5.76. The van der Waals surface area contributed by atoms with Gasteiger partial charge in [-0.1, -0.05) is 15.9 Å². The van der Waals surface area contributed by atoms with Gasteiger partial charge in [-0.15, -0.1) is 23.1 Å². The van der Waals surface area contributed by atoms with Crippen molar-refractivity contribution < 1.29 is 0 Å². The minimum atomic E-state index is 0.545. The third kappa shape index (κ3) is 4.13. The Morgan fingerprint density at radius 3 is 2.83 bits per heavy atom. The van der Waals surface area contributed by atoms with Gasteiger partial charge >= 0.3 is 0 Å². The molecule has 92 valence electrons. The number of aromatic nitrogens is 1. The predicted octanol–water partition coefficient (Wildman–Crippen LogP) is 4.65. The summed E-state index contributed by atoms with van der Waals surface area (Å²) in [7, 11) is 0. The van der Waals surface area contributed by atoms with Crippen LogP contribution >= 0.6 is 39.0 Å². The quantitative estimate of drug-likeness (QED) is 0.744. The van der Waals surface area contributed by atoms with Gasteiger partial charge in [0.05, 0.1) is 17.5 Å². The molecule has 5 heteroatoms. The Bertz CT molecular complexity index is 543. The second-order valence-electron chi connectivity index (χ2n) is 3.63. The Morgan fingerprint density at radius 2 is 2.11 bits per heavy atom. The second kappa shape index (κ2) is 6.93. The van der Waals surface area contributed by atoms with Gasteiger partial charge in [0.2, 0.25) is 0 Å². The molecular formula is C13H11BrN2S2. The summed E-state index contributed by atoms with van der Waals surface area (Å²) in [5.74, 6) is 0.888. The number of rotatable bonds is 5. The fourth-order valence-corrected chi connectivity index (χ4v) is 3.40. The van der Waals surface area contributed by atoms with E-state index in [2.05, 4.69) is 44.5 Å². The van der Waals surface area contributed by atoms with Crippen LogP contribution in [-0.2, 0) is 12.2 Å². The average molecular weight is 339 g/mol. The molecule has 0 aliphatic carbocycles. The van der Waals surface area contributed by atoms with Crippen molar-refractivity contribution in [1.82, 2.24) is 4.98 Å². The van der Waals surface area contributed by atoms with Crippen molar-refractivity contribution in [2.45, 2.75) is 23.5 Å². The van der Waals surface area contributed by atoms with Gasteiger partial charge in [0.1, 0.15) is 5.01 Å². The number of halogens is 1. The Morgan fingerprint density at radius 1 is 1.33 bits per heavy atom.